The summed E-state index contributed by atoms with van der Waals surface area (Å²) in [6, 6.07) is 0. The third kappa shape index (κ3) is 2.81. The number of carboxylic acid groups (broad SMARTS) is 1. The summed E-state index contributed by atoms with van der Waals surface area (Å²) in [5, 5.41) is 8.89. The summed E-state index contributed by atoms with van der Waals surface area (Å²) >= 11 is 0. The van der Waals surface area contributed by atoms with Crippen molar-refractivity contribution in [3.63, 3.8) is 0 Å². The van der Waals surface area contributed by atoms with Crippen molar-refractivity contribution in [2.45, 2.75) is 25.7 Å². The van der Waals surface area contributed by atoms with Gasteiger partial charge in [0.2, 0.25) is 0 Å². The van der Waals surface area contributed by atoms with Crippen LogP contribution in [0.25, 0.3) is 0 Å². The van der Waals surface area contributed by atoms with Crippen LogP contribution >= 0.6 is 0 Å². The second-order valence-electron chi connectivity index (χ2n) is 4.75. The van der Waals surface area contributed by atoms with Gasteiger partial charge in [-0.05, 0) is 31.6 Å². The second kappa shape index (κ2) is 4.79. The van der Waals surface area contributed by atoms with Gasteiger partial charge in [-0.1, -0.05) is 12.2 Å². The Morgan fingerprint density at radius 2 is 1.80 bits per heavy atom. The van der Waals surface area contributed by atoms with E-state index in [2.05, 4.69) is 17.1 Å². The molecule has 0 aromatic heterocycles. The first-order valence-electron chi connectivity index (χ1n) is 5.86. The molecule has 1 fully saturated rings. The molecule has 0 spiro atoms. The fourth-order valence-electron chi connectivity index (χ4n) is 2.63. The highest BCUT2D eigenvalue weighted by atomic mass is 16.4. The van der Waals surface area contributed by atoms with Gasteiger partial charge in [-0.2, -0.15) is 0 Å². The monoisotopic (exact) mass is 209 g/mol. The van der Waals surface area contributed by atoms with Gasteiger partial charge in [-0.25, -0.2) is 0 Å². The van der Waals surface area contributed by atoms with Crippen LogP contribution in [0.5, 0.6) is 0 Å². The summed E-state index contributed by atoms with van der Waals surface area (Å²) in [5.41, 5.74) is 0. The number of carboxylic acids is 1. The maximum Gasteiger partial charge on any atom is 0.306 e. The SMILES string of the molecule is O=C(O)C1CCC(CN2CC=CC2)CC1. The molecule has 0 bridgehead atoms. The Kier molecular flexibility index (Phi) is 3.41. The molecule has 1 N–H and O–H groups in total. The van der Waals surface area contributed by atoms with Crippen molar-refractivity contribution in [3.05, 3.63) is 12.2 Å². The molecule has 2 rings (SSSR count). The number of rotatable bonds is 3. The Hall–Kier alpha value is -0.830. The molecular formula is C12H19NO2. The first-order chi connectivity index (χ1) is 7.25. The van der Waals surface area contributed by atoms with E-state index < -0.39 is 5.97 Å². The molecule has 0 atom stereocenters. The minimum absolute atomic E-state index is 0.0713. The van der Waals surface area contributed by atoms with E-state index in [1.165, 1.54) is 0 Å². The summed E-state index contributed by atoms with van der Waals surface area (Å²) in [5.74, 6) is 0.0507. The van der Waals surface area contributed by atoms with Crippen LogP contribution in [-0.4, -0.2) is 35.6 Å². The van der Waals surface area contributed by atoms with E-state index in [4.69, 9.17) is 5.11 Å². The van der Waals surface area contributed by atoms with Gasteiger partial charge in [0.15, 0.2) is 0 Å². The molecule has 0 aromatic carbocycles. The normalized spacial score (nSPS) is 32.0. The highest BCUT2D eigenvalue weighted by Crippen LogP contribution is 2.29. The first kappa shape index (κ1) is 10.7. The van der Waals surface area contributed by atoms with Crippen molar-refractivity contribution in [3.8, 4) is 0 Å². The molecular weight excluding hydrogens is 190 g/mol. The standard InChI is InChI=1S/C12H19NO2/c14-12(15)11-5-3-10(4-6-11)9-13-7-1-2-8-13/h1-2,10-11H,3-9H2,(H,14,15). The number of hydrogen-bond donors (Lipinski definition) is 1. The van der Waals surface area contributed by atoms with Crippen molar-refractivity contribution in [1.29, 1.82) is 0 Å². The van der Waals surface area contributed by atoms with Crippen molar-refractivity contribution >= 4 is 5.97 Å². The fourth-order valence-corrected chi connectivity index (χ4v) is 2.63. The van der Waals surface area contributed by atoms with Crippen molar-refractivity contribution in [2.24, 2.45) is 11.8 Å². The van der Waals surface area contributed by atoms with E-state index in [1.54, 1.807) is 0 Å². The molecule has 0 aromatic rings. The van der Waals surface area contributed by atoms with E-state index in [0.717, 1.165) is 51.2 Å². The lowest BCUT2D eigenvalue weighted by Gasteiger charge is -2.29. The van der Waals surface area contributed by atoms with E-state index in [-0.39, 0.29) is 5.92 Å². The molecule has 0 amide bonds. The summed E-state index contributed by atoms with van der Waals surface area (Å²) in [6.07, 6.45) is 8.36. The molecule has 84 valence electrons. The average Bonchev–Trinajstić information content (AvgIpc) is 2.71. The lowest BCUT2D eigenvalue weighted by Crippen LogP contribution is -2.31. The maximum absolute atomic E-state index is 10.8. The maximum atomic E-state index is 10.8. The zero-order valence-corrected chi connectivity index (χ0v) is 9.06. The Balaban J connectivity index is 1.71. The van der Waals surface area contributed by atoms with Crippen molar-refractivity contribution in [1.82, 2.24) is 4.90 Å². The fraction of sp³-hybridized carbons (Fsp3) is 0.750. The predicted octanol–water partition coefficient (Wildman–Crippen LogP) is 1.75. The van der Waals surface area contributed by atoms with Gasteiger partial charge < -0.3 is 5.11 Å². The molecule has 0 saturated heterocycles. The van der Waals surface area contributed by atoms with Gasteiger partial charge >= 0.3 is 5.97 Å². The van der Waals surface area contributed by atoms with E-state index >= 15 is 0 Å². The van der Waals surface area contributed by atoms with Gasteiger partial charge in [0.25, 0.3) is 0 Å². The van der Waals surface area contributed by atoms with Gasteiger partial charge in [0.1, 0.15) is 0 Å². The average molecular weight is 209 g/mol. The highest BCUT2D eigenvalue weighted by molar-refractivity contribution is 5.69. The van der Waals surface area contributed by atoms with Gasteiger partial charge in [0.05, 0.1) is 5.92 Å². The van der Waals surface area contributed by atoms with E-state index in [0.29, 0.717) is 0 Å². The molecule has 1 heterocycles. The van der Waals surface area contributed by atoms with E-state index in [9.17, 15) is 4.79 Å². The van der Waals surface area contributed by atoms with Crippen LogP contribution in [0.4, 0.5) is 0 Å². The largest absolute Gasteiger partial charge is 0.481 e. The third-order valence-electron chi connectivity index (χ3n) is 3.61. The number of hydrogen-bond acceptors (Lipinski definition) is 2. The molecule has 15 heavy (non-hydrogen) atoms. The van der Waals surface area contributed by atoms with Crippen LogP contribution in [0.15, 0.2) is 12.2 Å². The predicted molar refractivity (Wildman–Crippen MR) is 58.7 cm³/mol. The molecule has 0 unspecified atom stereocenters. The number of aliphatic carboxylic acids is 1. The van der Waals surface area contributed by atoms with Crippen molar-refractivity contribution in [2.75, 3.05) is 19.6 Å². The lowest BCUT2D eigenvalue weighted by atomic mass is 9.82. The van der Waals surface area contributed by atoms with Crippen LogP contribution in [0.3, 0.4) is 0 Å². The minimum Gasteiger partial charge on any atom is -0.481 e. The Labute approximate surface area is 90.8 Å². The first-order valence-corrected chi connectivity index (χ1v) is 5.86. The molecule has 1 saturated carbocycles. The van der Waals surface area contributed by atoms with Crippen LogP contribution in [0, 0.1) is 11.8 Å². The van der Waals surface area contributed by atoms with Gasteiger partial charge in [-0.3, -0.25) is 9.69 Å². The van der Waals surface area contributed by atoms with Crippen LogP contribution < -0.4 is 0 Å². The van der Waals surface area contributed by atoms with Gasteiger partial charge in [0, 0.05) is 19.6 Å². The Morgan fingerprint density at radius 1 is 1.20 bits per heavy atom. The van der Waals surface area contributed by atoms with Crippen LogP contribution in [-0.2, 0) is 4.79 Å². The topological polar surface area (TPSA) is 40.5 Å². The lowest BCUT2D eigenvalue weighted by molar-refractivity contribution is -0.143. The summed E-state index contributed by atoms with van der Waals surface area (Å²) in [4.78, 5) is 13.2. The van der Waals surface area contributed by atoms with Crippen LogP contribution in [0.2, 0.25) is 0 Å². The Bertz CT molecular complexity index is 246. The summed E-state index contributed by atoms with van der Waals surface area (Å²) in [7, 11) is 0. The number of nitrogens with zero attached hydrogens (tertiary/aromatic N) is 1. The summed E-state index contributed by atoms with van der Waals surface area (Å²) in [6.45, 7) is 3.32. The molecule has 3 nitrogen and oxygen atoms in total. The third-order valence-corrected chi connectivity index (χ3v) is 3.61. The van der Waals surface area contributed by atoms with Crippen molar-refractivity contribution < 1.29 is 9.90 Å². The molecule has 1 aliphatic carbocycles. The smallest absolute Gasteiger partial charge is 0.306 e. The zero-order valence-electron chi connectivity index (χ0n) is 9.06. The van der Waals surface area contributed by atoms with E-state index in [1.807, 2.05) is 0 Å². The highest BCUT2D eigenvalue weighted by Gasteiger charge is 2.26. The zero-order chi connectivity index (χ0) is 10.7. The van der Waals surface area contributed by atoms with Crippen LogP contribution in [0.1, 0.15) is 25.7 Å². The molecule has 1 aliphatic heterocycles. The number of carbonyl (C=O) groups is 1. The summed E-state index contributed by atoms with van der Waals surface area (Å²) < 4.78 is 0. The molecule has 2 aliphatic rings. The molecule has 3 heteroatoms. The van der Waals surface area contributed by atoms with Gasteiger partial charge in [-0.15, -0.1) is 0 Å². The quantitative estimate of drug-likeness (QED) is 0.720. The minimum atomic E-state index is -0.601. The second-order valence-corrected chi connectivity index (χ2v) is 4.75. The molecule has 0 radical (unpaired) electrons. The Morgan fingerprint density at radius 3 is 2.33 bits per heavy atom.